The standard InChI is InChI=1S/C16H33NO2/c1-5-6-7-8-9-10-14-19-15(2)12-11-13-16(18)17(3)4/h15H,5-14H2,1-4H3. The van der Waals surface area contributed by atoms with Crippen LogP contribution >= 0.6 is 0 Å². The fraction of sp³-hybridized carbons (Fsp3) is 0.938. The third kappa shape index (κ3) is 12.2. The highest BCUT2D eigenvalue weighted by atomic mass is 16.5. The van der Waals surface area contributed by atoms with E-state index in [9.17, 15) is 4.79 Å². The summed E-state index contributed by atoms with van der Waals surface area (Å²) >= 11 is 0. The van der Waals surface area contributed by atoms with Crippen LogP contribution in [0.25, 0.3) is 0 Å². The van der Waals surface area contributed by atoms with E-state index in [4.69, 9.17) is 4.74 Å². The third-order valence-corrected chi connectivity index (χ3v) is 3.40. The maximum Gasteiger partial charge on any atom is 0.222 e. The Morgan fingerprint density at radius 1 is 1.05 bits per heavy atom. The third-order valence-electron chi connectivity index (χ3n) is 3.40. The number of ether oxygens (including phenoxy) is 1. The summed E-state index contributed by atoms with van der Waals surface area (Å²) in [6, 6.07) is 0. The minimum absolute atomic E-state index is 0.211. The van der Waals surface area contributed by atoms with Crippen LogP contribution in [-0.2, 0) is 9.53 Å². The second kappa shape index (κ2) is 12.5. The van der Waals surface area contributed by atoms with Crippen molar-refractivity contribution >= 4 is 5.91 Å². The lowest BCUT2D eigenvalue weighted by atomic mass is 10.1. The SMILES string of the molecule is CCCCCCCCOC(C)CCCC(=O)N(C)C. The van der Waals surface area contributed by atoms with Crippen molar-refractivity contribution in [1.29, 1.82) is 0 Å². The van der Waals surface area contributed by atoms with Crippen LogP contribution in [0.3, 0.4) is 0 Å². The lowest BCUT2D eigenvalue weighted by Gasteiger charge is -2.14. The van der Waals surface area contributed by atoms with Crippen molar-refractivity contribution in [3.8, 4) is 0 Å². The summed E-state index contributed by atoms with van der Waals surface area (Å²) in [5, 5.41) is 0. The predicted molar refractivity (Wildman–Crippen MR) is 81.3 cm³/mol. The van der Waals surface area contributed by atoms with Gasteiger partial charge in [0.15, 0.2) is 0 Å². The lowest BCUT2D eigenvalue weighted by molar-refractivity contribution is -0.128. The number of unbranched alkanes of at least 4 members (excludes halogenated alkanes) is 5. The molecule has 0 N–H and O–H groups in total. The number of amides is 1. The Morgan fingerprint density at radius 2 is 1.68 bits per heavy atom. The molecule has 0 heterocycles. The molecule has 19 heavy (non-hydrogen) atoms. The van der Waals surface area contributed by atoms with Crippen molar-refractivity contribution in [3.63, 3.8) is 0 Å². The highest BCUT2D eigenvalue weighted by molar-refractivity contribution is 5.75. The van der Waals surface area contributed by atoms with Crippen LogP contribution in [0.1, 0.15) is 71.6 Å². The molecule has 114 valence electrons. The van der Waals surface area contributed by atoms with Gasteiger partial charge in [0.05, 0.1) is 6.10 Å². The van der Waals surface area contributed by atoms with Gasteiger partial charge in [-0.3, -0.25) is 4.79 Å². The first-order valence-corrected chi connectivity index (χ1v) is 7.89. The Kier molecular flexibility index (Phi) is 12.1. The maximum atomic E-state index is 11.4. The number of hydrogen-bond donors (Lipinski definition) is 0. The molecule has 1 amide bonds. The van der Waals surface area contributed by atoms with Gasteiger partial charge in [0.2, 0.25) is 5.91 Å². The Balaban J connectivity index is 3.30. The molecule has 0 aromatic heterocycles. The van der Waals surface area contributed by atoms with E-state index in [2.05, 4.69) is 13.8 Å². The molecule has 0 aliphatic heterocycles. The first kappa shape index (κ1) is 18.4. The first-order chi connectivity index (χ1) is 9.07. The van der Waals surface area contributed by atoms with Crippen molar-refractivity contribution in [3.05, 3.63) is 0 Å². The Morgan fingerprint density at radius 3 is 2.32 bits per heavy atom. The summed E-state index contributed by atoms with van der Waals surface area (Å²) in [4.78, 5) is 13.0. The average Bonchev–Trinajstić information content (AvgIpc) is 2.37. The molecule has 0 saturated heterocycles. The number of nitrogens with zero attached hydrogens (tertiary/aromatic N) is 1. The minimum atomic E-state index is 0.211. The van der Waals surface area contributed by atoms with E-state index in [0.717, 1.165) is 19.4 Å². The highest BCUT2D eigenvalue weighted by Gasteiger charge is 2.06. The van der Waals surface area contributed by atoms with E-state index in [1.165, 1.54) is 38.5 Å². The van der Waals surface area contributed by atoms with Crippen LogP contribution in [0.2, 0.25) is 0 Å². The van der Waals surface area contributed by atoms with E-state index < -0.39 is 0 Å². The van der Waals surface area contributed by atoms with Crippen molar-refractivity contribution in [2.45, 2.75) is 77.7 Å². The van der Waals surface area contributed by atoms with Crippen molar-refractivity contribution in [2.24, 2.45) is 0 Å². The van der Waals surface area contributed by atoms with Crippen LogP contribution < -0.4 is 0 Å². The summed E-state index contributed by atoms with van der Waals surface area (Å²) < 4.78 is 5.77. The molecule has 1 atom stereocenters. The Labute approximate surface area is 119 Å². The van der Waals surface area contributed by atoms with Gasteiger partial charge in [0, 0.05) is 27.1 Å². The van der Waals surface area contributed by atoms with Crippen LogP contribution in [0.4, 0.5) is 0 Å². The van der Waals surface area contributed by atoms with Gasteiger partial charge in [-0.1, -0.05) is 39.0 Å². The molecule has 0 saturated carbocycles. The van der Waals surface area contributed by atoms with Crippen LogP contribution in [-0.4, -0.2) is 37.6 Å². The summed E-state index contributed by atoms with van der Waals surface area (Å²) in [7, 11) is 3.61. The molecule has 0 fully saturated rings. The Hall–Kier alpha value is -0.570. The fourth-order valence-electron chi connectivity index (χ4n) is 2.01. The number of carbonyl (C=O) groups is 1. The molecule has 0 aliphatic rings. The van der Waals surface area contributed by atoms with E-state index >= 15 is 0 Å². The van der Waals surface area contributed by atoms with E-state index in [-0.39, 0.29) is 12.0 Å². The average molecular weight is 271 g/mol. The maximum absolute atomic E-state index is 11.4. The van der Waals surface area contributed by atoms with Crippen molar-refractivity contribution < 1.29 is 9.53 Å². The molecule has 3 heteroatoms. The van der Waals surface area contributed by atoms with E-state index in [1.807, 2.05) is 0 Å². The van der Waals surface area contributed by atoms with Gasteiger partial charge in [-0.05, 0) is 26.2 Å². The molecule has 3 nitrogen and oxygen atoms in total. The van der Waals surface area contributed by atoms with Gasteiger partial charge in [0.1, 0.15) is 0 Å². The fourth-order valence-corrected chi connectivity index (χ4v) is 2.01. The van der Waals surface area contributed by atoms with Gasteiger partial charge in [-0.15, -0.1) is 0 Å². The molecule has 0 aromatic carbocycles. The van der Waals surface area contributed by atoms with Crippen LogP contribution in [0.15, 0.2) is 0 Å². The predicted octanol–water partition coefficient (Wildman–Crippen LogP) is 4.01. The highest BCUT2D eigenvalue weighted by Crippen LogP contribution is 2.08. The van der Waals surface area contributed by atoms with Gasteiger partial charge >= 0.3 is 0 Å². The quantitative estimate of drug-likeness (QED) is 0.502. The molecule has 0 spiro atoms. The van der Waals surface area contributed by atoms with E-state index in [0.29, 0.717) is 6.42 Å². The lowest BCUT2D eigenvalue weighted by Crippen LogP contribution is -2.21. The van der Waals surface area contributed by atoms with Crippen LogP contribution in [0.5, 0.6) is 0 Å². The summed E-state index contributed by atoms with van der Waals surface area (Å²) in [6.45, 7) is 5.22. The first-order valence-electron chi connectivity index (χ1n) is 7.89. The summed E-state index contributed by atoms with van der Waals surface area (Å²) in [5.41, 5.74) is 0. The van der Waals surface area contributed by atoms with Gasteiger partial charge < -0.3 is 9.64 Å². The monoisotopic (exact) mass is 271 g/mol. The molecule has 0 radical (unpaired) electrons. The zero-order chi connectivity index (χ0) is 14.5. The van der Waals surface area contributed by atoms with E-state index in [1.54, 1.807) is 19.0 Å². The number of carbonyl (C=O) groups excluding carboxylic acids is 1. The second-order valence-corrected chi connectivity index (χ2v) is 5.63. The molecule has 1 unspecified atom stereocenters. The zero-order valence-corrected chi connectivity index (χ0v) is 13.4. The summed E-state index contributed by atoms with van der Waals surface area (Å²) in [5.74, 6) is 0.211. The largest absolute Gasteiger partial charge is 0.379 e. The Bertz CT molecular complexity index is 217. The molecule has 0 rings (SSSR count). The van der Waals surface area contributed by atoms with Gasteiger partial charge in [-0.2, -0.15) is 0 Å². The number of rotatable bonds is 12. The van der Waals surface area contributed by atoms with Crippen LogP contribution in [0, 0.1) is 0 Å². The molecular weight excluding hydrogens is 238 g/mol. The smallest absolute Gasteiger partial charge is 0.222 e. The number of hydrogen-bond acceptors (Lipinski definition) is 2. The zero-order valence-electron chi connectivity index (χ0n) is 13.4. The van der Waals surface area contributed by atoms with Gasteiger partial charge in [-0.25, -0.2) is 0 Å². The molecular formula is C16H33NO2. The molecule has 0 bridgehead atoms. The molecule has 0 aliphatic carbocycles. The minimum Gasteiger partial charge on any atom is -0.379 e. The summed E-state index contributed by atoms with van der Waals surface area (Å²) in [6.07, 6.45) is 10.6. The topological polar surface area (TPSA) is 29.5 Å². The second-order valence-electron chi connectivity index (χ2n) is 5.63. The van der Waals surface area contributed by atoms with Crippen molar-refractivity contribution in [2.75, 3.05) is 20.7 Å². The van der Waals surface area contributed by atoms with Crippen molar-refractivity contribution in [1.82, 2.24) is 4.90 Å². The molecule has 0 aromatic rings. The van der Waals surface area contributed by atoms with Gasteiger partial charge in [0.25, 0.3) is 0 Å². The normalized spacial score (nSPS) is 12.4.